The van der Waals surface area contributed by atoms with E-state index in [1.165, 1.54) is 0 Å². The summed E-state index contributed by atoms with van der Waals surface area (Å²) < 4.78 is 11.3. The van der Waals surface area contributed by atoms with E-state index in [0.717, 1.165) is 28.6 Å². The normalized spacial score (nSPS) is 14.1. The number of hydrogen-bond acceptors (Lipinski definition) is 5. The summed E-state index contributed by atoms with van der Waals surface area (Å²) in [6, 6.07) is 5.62. The van der Waals surface area contributed by atoms with E-state index in [9.17, 15) is 0 Å². The summed E-state index contributed by atoms with van der Waals surface area (Å²) in [5.41, 5.74) is 6.44. The number of benzene rings is 1. The molecule has 0 spiro atoms. The third-order valence-corrected chi connectivity index (χ3v) is 3.71. The van der Waals surface area contributed by atoms with E-state index in [1.807, 2.05) is 25.1 Å². The van der Waals surface area contributed by atoms with Gasteiger partial charge in [-0.15, -0.1) is 0 Å². The molecule has 0 aliphatic carbocycles. The van der Waals surface area contributed by atoms with Crippen molar-refractivity contribution < 1.29 is 9.26 Å². The first-order valence-electron chi connectivity index (χ1n) is 6.45. The molecule has 0 amide bonds. The Kier molecular flexibility index (Phi) is 4.45. The van der Waals surface area contributed by atoms with E-state index in [4.69, 9.17) is 15.0 Å². The maximum atomic E-state index is 6.19. The molecule has 0 aliphatic heterocycles. The first-order valence-corrected chi connectivity index (χ1v) is 7.24. The fourth-order valence-corrected chi connectivity index (χ4v) is 2.55. The standard InChI is InChI=1S/C14H18BrN3O2/c1-4-7-14(2,16)13-17-12(18-20-13)9-5-6-11(19-3)10(15)8-9/h5-6,8H,4,7,16H2,1-3H3. The minimum atomic E-state index is -0.594. The average molecular weight is 340 g/mol. The highest BCUT2D eigenvalue weighted by Crippen LogP contribution is 2.30. The van der Waals surface area contributed by atoms with Crippen LogP contribution in [0.4, 0.5) is 0 Å². The number of rotatable bonds is 5. The Labute approximate surface area is 126 Å². The average Bonchev–Trinajstić information content (AvgIpc) is 2.89. The van der Waals surface area contributed by atoms with Gasteiger partial charge in [0.1, 0.15) is 5.75 Å². The van der Waals surface area contributed by atoms with Gasteiger partial charge in [-0.25, -0.2) is 0 Å². The van der Waals surface area contributed by atoms with Gasteiger partial charge in [-0.2, -0.15) is 4.98 Å². The molecule has 1 heterocycles. The van der Waals surface area contributed by atoms with Crippen LogP contribution in [0, 0.1) is 0 Å². The van der Waals surface area contributed by atoms with Crippen LogP contribution in [0.3, 0.4) is 0 Å². The molecule has 0 saturated heterocycles. The maximum Gasteiger partial charge on any atom is 0.246 e. The van der Waals surface area contributed by atoms with E-state index in [0.29, 0.717) is 11.7 Å². The Balaban J connectivity index is 2.31. The van der Waals surface area contributed by atoms with E-state index >= 15 is 0 Å². The number of hydrogen-bond donors (Lipinski definition) is 1. The van der Waals surface area contributed by atoms with Gasteiger partial charge < -0.3 is 15.0 Å². The molecule has 20 heavy (non-hydrogen) atoms. The molecule has 0 saturated carbocycles. The zero-order chi connectivity index (χ0) is 14.8. The van der Waals surface area contributed by atoms with Crippen molar-refractivity contribution in [3.05, 3.63) is 28.6 Å². The number of halogens is 1. The Morgan fingerprint density at radius 3 is 2.80 bits per heavy atom. The predicted molar refractivity (Wildman–Crippen MR) is 80.4 cm³/mol. The summed E-state index contributed by atoms with van der Waals surface area (Å²) in [5.74, 6) is 1.74. The first kappa shape index (κ1) is 15.0. The van der Waals surface area contributed by atoms with Gasteiger partial charge >= 0.3 is 0 Å². The lowest BCUT2D eigenvalue weighted by atomic mass is 9.98. The van der Waals surface area contributed by atoms with Crippen molar-refractivity contribution in [3.8, 4) is 17.1 Å². The van der Waals surface area contributed by atoms with Crippen molar-refractivity contribution in [1.82, 2.24) is 10.1 Å². The Bertz CT molecular complexity index is 596. The van der Waals surface area contributed by atoms with Crippen LogP contribution < -0.4 is 10.5 Å². The second-order valence-electron chi connectivity index (χ2n) is 4.94. The quantitative estimate of drug-likeness (QED) is 0.902. The fraction of sp³-hybridized carbons (Fsp3) is 0.429. The van der Waals surface area contributed by atoms with Crippen molar-refractivity contribution in [2.75, 3.05) is 7.11 Å². The molecule has 1 aromatic carbocycles. The maximum absolute atomic E-state index is 6.19. The van der Waals surface area contributed by atoms with Crippen molar-refractivity contribution >= 4 is 15.9 Å². The van der Waals surface area contributed by atoms with Gasteiger partial charge in [0.2, 0.25) is 11.7 Å². The largest absolute Gasteiger partial charge is 0.496 e. The summed E-state index contributed by atoms with van der Waals surface area (Å²) in [6.07, 6.45) is 1.75. The lowest BCUT2D eigenvalue weighted by Gasteiger charge is -2.18. The summed E-state index contributed by atoms with van der Waals surface area (Å²) in [7, 11) is 1.62. The molecule has 1 aromatic heterocycles. The number of aromatic nitrogens is 2. The summed E-state index contributed by atoms with van der Waals surface area (Å²) in [4.78, 5) is 4.40. The SMILES string of the molecule is CCCC(C)(N)c1nc(-c2ccc(OC)c(Br)c2)no1. The molecule has 2 rings (SSSR count). The van der Waals surface area contributed by atoms with Crippen LogP contribution in [0.25, 0.3) is 11.4 Å². The molecule has 2 N–H and O–H groups in total. The van der Waals surface area contributed by atoms with Crippen LogP contribution >= 0.6 is 15.9 Å². The van der Waals surface area contributed by atoms with Crippen LogP contribution in [0.2, 0.25) is 0 Å². The highest BCUT2D eigenvalue weighted by atomic mass is 79.9. The monoisotopic (exact) mass is 339 g/mol. The number of nitrogens with zero attached hydrogens (tertiary/aromatic N) is 2. The molecule has 108 valence electrons. The highest BCUT2D eigenvalue weighted by molar-refractivity contribution is 9.10. The summed E-state index contributed by atoms with van der Waals surface area (Å²) in [6.45, 7) is 3.97. The Hall–Kier alpha value is -1.40. The zero-order valence-electron chi connectivity index (χ0n) is 11.8. The molecule has 1 atom stereocenters. The van der Waals surface area contributed by atoms with Gasteiger partial charge in [-0.05, 0) is 47.5 Å². The molecule has 0 fully saturated rings. The zero-order valence-corrected chi connectivity index (χ0v) is 13.4. The molecule has 1 unspecified atom stereocenters. The van der Waals surface area contributed by atoms with Crippen LogP contribution in [0.5, 0.6) is 5.75 Å². The Morgan fingerprint density at radius 1 is 1.45 bits per heavy atom. The third-order valence-electron chi connectivity index (χ3n) is 3.09. The number of ether oxygens (including phenoxy) is 1. The van der Waals surface area contributed by atoms with Crippen molar-refractivity contribution in [2.24, 2.45) is 5.73 Å². The second kappa shape index (κ2) is 5.93. The van der Waals surface area contributed by atoms with Crippen LogP contribution in [-0.4, -0.2) is 17.3 Å². The first-order chi connectivity index (χ1) is 9.47. The van der Waals surface area contributed by atoms with Gasteiger partial charge in [0.25, 0.3) is 0 Å². The molecule has 0 bridgehead atoms. The topological polar surface area (TPSA) is 74.2 Å². The van der Waals surface area contributed by atoms with Crippen LogP contribution in [0.15, 0.2) is 27.2 Å². The molecule has 6 heteroatoms. The minimum Gasteiger partial charge on any atom is -0.496 e. The molecule has 0 aliphatic rings. The summed E-state index contributed by atoms with van der Waals surface area (Å²) in [5, 5.41) is 4.00. The van der Waals surface area contributed by atoms with Crippen LogP contribution in [-0.2, 0) is 5.54 Å². The lowest BCUT2D eigenvalue weighted by molar-refractivity contribution is 0.284. The van der Waals surface area contributed by atoms with Gasteiger partial charge in [0.05, 0.1) is 17.1 Å². The predicted octanol–water partition coefficient (Wildman–Crippen LogP) is 3.48. The van der Waals surface area contributed by atoms with Crippen LogP contribution in [0.1, 0.15) is 32.6 Å². The van der Waals surface area contributed by atoms with Crippen molar-refractivity contribution in [3.63, 3.8) is 0 Å². The number of nitrogens with two attached hydrogens (primary N) is 1. The van der Waals surface area contributed by atoms with Gasteiger partial charge in [0.15, 0.2) is 0 Å². The summed E-state index contributed by atoms with van der Waals surface area (Å²) >= 11 is 3.44. The smallest absolute Gasteiger partial charge is 0.246 e. The fourth-order valence-electron chi connectivity index (χ4n) is 2.00. The van der Waals surface area contributed by atoms with Gasteiger partial charge in [-0.3, -0.25) is 0 Å². The van der Waals surface area contributed by atoms with Gasteiger partial charge in [0, 0.05) is 5.56 Å². The molecule has 5 nitrogen and oxygen atoms in total. The van der Waals surface area contributed by atoms with E-state index in [1.54, 1.807) is 7.11 Å². The number of methoxy groups -OCH3 is 1. The van der Waals surface area contributed by atoms with E-state index in [2.05, 4.69) is 33.0 Å². The molecule has 2 aromatic rings. The second-order valence-corrected chi connectivity index (χ2v) is 5.79. The molecule has 0 radical (unpaired) electrons. The Morgan fingerprint density at radius 2 is 2.20 bits per heavy atom. The van der Waals surface area contributed by atoms with Gasteiger partial charge in [-0.1, -0.05) is 18.5 Å². The lowest BCUT2D eigenvalue weighted by Crippen LogP contribution is -2.33. The highest BCUT2D eigenvalue weighted by Gasteiger charge is 2.27. The van der Waals surface area contributed by atoms with Crippen molar-refractivity contribution in [2.45, 2.75) is 32.2 Å². The molecular formula is C14H18BrN3O2. The van der Waals surface area contributed by atoms with E-state index < -0.39 is 5.54 Å². The third kappa shape index (κ3) is 3.02. The molecular weight excluding hydrogens is 322 g/mol. The minimum absolute atomic E-state index is 0.460. The van der Waals surface area contributed by atoms with E-state index in [-0.39, 0.29) is 0 Å². The van der Waals surface area contributed by atoms with Crippen molar-refractivity contribution in [1.29, 1.82) is 0 Å².